The molecule has 1 N–H and O–H groups in total. The fourth-order valence-corrected chi connectivity index (χ4v) is 3.26. The van der Waals surface area contributed by atoms with Gasteiger partial charge in [0, 0.05) is 17.1 Å². The minimum atomic E-state index is -0.0478. The van der Waals surface area contributed by atoms with Crippen molar-refractivity contribution in [1.29, 1.82) is 0 Å². The van der Waals surface area contributed by atoms with Crippen molar-refractivity contribution in [3.8, 4) is 5.75 Å². The van der Waals surface area contributed by atoms with E-state index in [4.69, 9.17) is 4.74 Å². The van der Waals surface area contributed by atoms with Gasteiger partial charge in [0.1, 0.15) is 11.3 Å². The Morgan fingerprint density at radius 2 is 2.09 bits per heavy atom. The van der Waals surface area contributed by atoms with Crippen LogP contribution >= 0.6 is 0 Å². The summed E-state index contributed by atoms with van der Waals surface area (Å²) in [5.41, 5.74) is 1.75. The highest BCUT2D eigenvalue weighted by Crippen LogP contribution is 2.25. The molecular weight excluding hydrogens is 288 g/mol. The minimum Gasteiger partial charge on any atom is -0.481 e. The van der Waals surface area contributed by atoms with Crippen LogP contribution in [-0.4, -0.2) is 23.5 Å². The molecule has 4 nitrogen and oxygen atoms in total. The minimum absolute atomic E-state index is 0.0396. The number of carbonyl (C=O) groups excluding carboxylic acids is 1. The maximum absolute atomic E-state index is 12.2. The predicted molar refractivity (Wildman–Crippen MR) is 91.5 cm³/mol. The first-order valence-corrected chi connectivity index (χ1v) is 8.42. The molecule has 0 bridgehead atoms. The van der Waals surface area contributed by atoms with Gasteiger partial charge in [0.2, 0.25) is 0 Å². The summed E-state index contributed by atoms with van der Waals surface area (Å²) in [6.45, 7) is 4.20. The van der Waals surface area contributed by atoms with Crippen molar-refractivity contribution in [2.75, 3.05) is 6.61 Å². The highest BCUT2D eigenvalue weighted by molar-refractivity contribution is 5.85. The van der Waals surface area contributed by atoms with E-state index in [-0.39, 0.29) is 18.6 Å². The molecule has 1 aliphatic carbocycles. The first-order valence-electron chi connectivity index (χ1n) is 8.42. The first kappa shape index (κ1) is 15.8. The molecule has 2 aromatic rings. The number of para-hydroxylation sites is 1. The van der Waals surface area contributed by atoms with Gasteiger partial charge >= 0.3 is 0 Å². The Kier molecular flexibility index (Phi) is 4.79. The third-order valence-corrected chi connectivity index (χ3v) is 4.64. The largest absolute Gasteiger partial charge is 0.481 e. The maximum atomic E-state index is 12.2. The molecule has 3 rings (SSSR count). The predicted octanol–water partition coefficient (Wildman–Crippen LogP) is 3.62. The lowest BCUT2D eigenvalue weighted by atomic mass is 9.86. The molecule has 1 saturated carbocycles. The third-order valence-electron chi connectivity index (χ3n) is 4.64. The van der Waals surface area contributed by atoms with Gasteiger partial charge in [0.15, 0.2) is 6.61 Å². The summed E-state index contributed by atoms with van der Waals surface area (Å²) in [6.07, 6.45) is 4.73. The molecule has 23 heavy (non-hydrogen) atoms. The van der Waals surface area contributed by atoms with E-state index in [2.05, 4.69) is 17.2 Å². The van der Waals surface area contributed by atoms with Crippen molar-refractivity contribution in [3.05, 3.63) is 36.0 Å². The Bertz CT molecular complexity index is 699. The van der Waals surface area contributed by atoms with Gasteiger partial charge in [0.25, 0.3) is 5.91 Å². The second kappa shape index (κ2) is 6.99. The monoisotopic (exact) mass is 312 g/mol. The summed E-state index contributed by atoms with van der Waals surface area (Å²) in [4.78, 5) is 16.7. The summed E-state index contributed by atoms with van der Waals surface area (Å²) in [5, 5.41) is 4.14. The van der Waals surface area contributed by atoms with E-state index in [0.29, 0.717) is 11.7 Å². The second-order valence-corrected chi connectivity index (χ2v) is 6.50. The van der Waals surface area contributed by atoms with Crippen molar-refractivity contribution in [3.63, 3.8) is 0 Å². The molecule has 4 heteroatoms. The first-order chi connectivity index (χ1) is 11.1. The number of aryl methyl sites for hydroxylation is 1. The zero-order valence-corrected chi connectivity index (χ0v) is 13.8. The summed E-state index contributed by atoms with van der Waals surface area (Å²) in [5.74, 6) is 1.17. The Morgan fingerprint density at radius 1 is 1.26 bits per heavy atom. The van der Waals surface area contributed by atoms with E-state index in [9.17, 15) is 4.79 Å². The smallest absolute Gasteiger partial charge is 0.258 e. The number of fused-ring (bicyclic) bond motifs is 1. The van der Waals surface area contributed by atoms with E-state index >= 15 is 0 Å². The lowest BCUT2D eigenvalue weighted by Gasteiger charge is -2.29. The van der Waals surface area contributed by atoms with Crippen LogP contribution in [0.2, 0.25) is 0 Å². The highest BCUT2D eigenvalue weighted by atomic mass is 16.5. The molecule has 0 radical (unpaired) electrons. The van der Waals surface area contributed by atoms with E-state index < -0.39 is 0 Å². The normalized spacial score (nSPS) is 21.1. The summed E-state index contributed by atoms with van der Waals surface area (Å²) in [6, 6.07) is 10.1. The molecule has 1 aromatic carbocycles. The zero-order valence-electron chi connectivity index (χ0n) is 13.8. The molecule has 1 aliphatic rings. The number of hydrogen-bond acceptors (Lipinski definition) is 3. The number of nitrogens with zero attached hydrogens (tertiary/aromatic N) is 1. The Balaban J connectivity index is 1.64. The Labute approximate surface area is 137 Å². The van der Waals surface area contributed by atoms with Gasteiger partial charge < -0.3 is 10.1 Å². The molecule has 1 heterocycles. The number of pyridine rings is 1. The molecule has 1 amide bonds. The van der Waals surface area contributed by atoms with Crippen LogP contribution in [0, 0.1) is 12.8 Å². The van der Waals surface area contributed by atoms with Crippen molar-refractivity contribution >= 4 is 16.8 Å². The summed E-state index contributed by atoms with van der Waals surface area (Å²) >= 11 is 0. The number of ether oxygens (including phenoxy) is 1. The van der Waals surface area contributed by atoms with Crippen LogP contribution in [0.1, 0.15) is 38.3 Å². The second-order valence-electron chi connectivity index (χ2n) is 6.50. The SMILES string of the molecule is Cc1ccc2cccc(OCC(=O)NC3CCCCC3C)c2n1. The molecular formula is C19H24N2O2. The maximum Gasteiger partial charge on any atom is 0.258 e. The molecule has 2 atom stereocenters. The number of carbonyl (C=O) groups is 1. The number of nitrogens with one attached hydrogen (secondary N) is 1. The summed E-state index contributed by atoms with van der Waals surface area (Å²) in [7, 11) is 0. The van der Waals surface area contributed by atoms with Gasteiger partial charge in [-0.1, -0.05) is 38.0 Å². The van der Waals surface area contributed by atoms with Crippen molar-refractivity contribution in [2.24, 2.45) is 5.92 Å². The van der Waals surface area contributed by atoms with E-state index in [1.165, 1.54) is 19.3 Å². The highest BCUT2D eigenvalue weighted by Gasteiger charge is 2.22. The van der Waals surface area contributed by atoms with Gasteiger partial charge in [0.05, 0.1) is 0 Å². The number of benzene rings is 1. The topological polar surface area (TPSA) is 51.2 Å². The fourth-order valence-electron chi connectivity index (χ4n) is 3.26. The molecule has 122 valence electrons. The number of rotatable bonds is 4. The molecule has 2 unspecified atom stereocenters. The lowest BCUT2D eigenvalue weighted by Crippen LogP contribution is -2.43. The van der Waals surface area contributed by atoms with Crippen molar-refractivity contribution in [2.45, 2.75) is 45.6 Å². The number of aromatic nitrogens is 1. The Hall–Kier alpha value is -2.10. The standard InChI is InChI=1S/C19H24N2O2/c1-13-6-3-4-8-16(13)21-18(22)12-23-17-9-5-7-15-11-10-14(2)20-19(15)17/h5,7,9-11,13,16H,3-4,6,8,12H2,1-2H3,(H,21,22). The zero-order chi connectivity index (χ0) is 16.2. The van der Waals surface area contributed by atoms with Gasteiger partial charge in [-0.3, -0.25) is 4.79 Å². The number of hydrogen-bond donors (Lipinski definition) is 1. The average molecular weight is 312 g/mol. The molecule has 0 spiro atoms. The van der Waals surface area contributed by atoms with Crippen LogP contribution in [0.15, 0.2) is 30.3 Å². The van der Waals surface area contributed by atoms with Crippen molar-refractivity contribution in [1.82, 2.24) is 10.3 Å². The van der Waals surface area contributed by atoms with Crippen LogP contribution in [0.3, 0.4) is 0 Å². The van der Waals surface area contributed by atoms with E-state index in [1.807, 2.05) is 37.3 Å². The van der Waals surface area contributed by atoms with Crippen LogP contribution < -0.4 is 10.1 Å². The van der Waals surface area contributed by atoms with Gasteiger partial charge in [-0.2, -0.15) is 0 Å². The van der Waals surface area contributed by atoms with Gasteiger partial charge in [-0.15, -0.1) is 0 Å². The van der Waals surface area contributed by atoms with Gasteiger partial charge in [-0.25, -0.2) is 4.98 Å². The molecule has 0 aliphatic heterocycles. The Morgan fingerprint density at radius 3 is 2.91 bits per heavy atom. The fraction of sp³-hybridized carbons (Fsp3) is 0.474. The van der Waals surface area contributed by atoms with Crippen LogP contribution in [0.5, 0.6) is 5.75 Å². The van der Waals surface area contributed by atoms with Crippen LogP contribution in [0.4, 0.5) is 0 Å². The quantitative estimate of drug-likeness (QED) is 0.938. The van der Waals surface area contributed by atoms with Gasteiger partial charge in [-0.05, 0) is 37.8 Å². The van der Waals surface area contributed by atoms with E-state index in [0.717, 1.165) is 23.0 Å². The molecule has 1 fully saturated rings. The van der Waals surface area contributed by atoms with Crippen molar-refractivity contribution < 1.29 is 9.53 Å². The molecule has 1 aromatic heterocycles. The van der Waals surface area contributed by atoms with E-state index in [1.54, 1.807) is 0 Å². The average Bonchev–Trinajstić information content (AvgIpc) is 2.55. The number of amides is 1. The van der Waals surface area contributed by atoms with Crippen LogP contribution in [-0.2, 0) is 4.79 Å². The summed E-state index contributed by atoms with van der Waals surface area (Å²) < 4.78 is 5.74. The molecule has 0 saturated heterocycles. The van der Waals surface area contributed by atoms with Crippen LogP contribution in [0.25, 0.3) is 10.9 Å². The third kappa shape index (κ3) is 3.81. The lowest BCUT2D eigenvalue weighted by molar-refractivity contribution is -0.124.